The van der Waals surface area contributed by atoms with Crippen molar-refractivity contribution in [2.45, 2.75) is 26.8 Å². The van der Waals surface area contributed by atoms with Gasteiger partial charge in [0.2, 0.25) is 0 Å². The fourth-order valence-corrected chi connectivity index (χ4v) is 5.79. The summed E-state index contributed by atoms with van der Waals surface area (Å²) in [5.41, 5.74) is 4.90. The van der Waals surface area contributed by atoms with Gasteiger partial charge in [0, 0.05) is 5.56 Å². The minimum atomic E-state index is -0.805. The van der Waals surface area contributed by atoms with Crippen LogP contribution in [0.1, 0.15) is 33.9 Å². The number of aryl methyl sites for hydroxylation is 3. The van der Waals surface area contributed by atoms with Crippen LogP contribution < -0.4 is 9.64 Å². The molecule has 5 rings (SSSR count). The van der Waals surface area contributed by atoms with Crippen molar-refractivity contribution in [3.63, 3.8) is 0 Å². The molecule has 1 N–H and O–H groups in total. The molecule has 0 unspecified atom stereocenters. The SMILES string of the molecule is COc1ccc(C(O)=C2C(=O)C(=O)N(c3nc4c(C)cc(C)cc4s3)[C@H]2c2ccccc2)cc1C. The Morgan fingerprint density at radius 2 is 1.74 bits per heavy atom. The summed E-state index contributed by atoms with van der Waals surface area (Å²) >= 11 is 1.37. The van der Waals surface area contributed by atoms with Gasteiger partial charge in [0.05, 0.1) is 28.9 Å². The molecule has 0 spiro atoms. The first kappa shape index (κ1) is 22.8. The van der Waals surface area contributed by atoms with E-state index in [0.717, 1.165) is 26.9 Å². The van der Waals surface area contributed by atoms with Crippen LogP contribution in [0.2, 0.25) is 0 Å². The van der Waals surface area contributed by atoms with E-state index in [2.05, 4.69) is 0 Å². The number of fused-ring (bicyclic) bond motifs is 1. The second-order valence-corrected chi connectivity index (χ2v) is 9.70. The summed E-state index contributed by atoms with van der Waals surface area (Å²) in [7, 11) is 1.57. The van der Waals surface area contributed by atoms with Crippen LogP contribution in [0.25, 0.3) is 16.0 Å². The lowest BCUT2D eigenvalue weighted by Gasteiger charge is -2.23. The molecule has 1 atom stereocenters. The predicted molar refractivity (Wildman–Crippen MR) is 138 cm³/mol. The van der Waals surface area contributed by atoms with Crippen molar-refractivity contribution >= 4 is 44.1 Å². The molecule has 0 bridgehead atoms. The minimum Gasteiger partial charge on any atom is -0.507 e. The Hall–Kier alpha value is -3.97. The second kappa shape index (κ2) is 8.67. The van der Waals surface area contributed by atoms with Crippen molar-refractivity contribution in [3.8, 4) is 5.75 Å². The number of Topliss-reactive ketones (excluding diaryl/α,β-unsaturated/α-hetero) is 1. The van der Waals surface area contributed by atoms with E-state index in [0.29, 0.717) is 22.0 Å². The number of hydrogen-bond acceptors (Lipinski definition) is 6. The average molecular weight is 485 g/mol. The Morgan fingerprint density at radius 1 is 1.00 bits per heavy atom. The quantitative estimate of drug-likeness (QED) is 0.223. The number of carbonyl (C=O) groups is 2. The van der Waals surface area contributed by atoms with Gasteiger partial charge in [-0.2, -0.15) is 0 Å². The van der Waals surface area contributed by atoms with Gasteiger partial charge in [0.15, 0.2) is 5.13 Å². The lowest BCUT2D eigenvalue weighted by atomic mass is 9.95. The molecule has 6 nitrogen and oxygen atoms in total. The number of carbonyl (C=O) groups excluding carboxylic acids is 2. The Labute approximate surface area is 207 Å². The highest BCUT2D eigenvalue weighted by Gasteiger charge is 2.48. The lowest BCUT2D eigenvalue weighted by molar-refractivity contribution is -0.132. The molecule has 0 saturated carbocycles. The monoisotopic (exact) mass is 484 g/mol. The van der Waals surface area contributed by atoms with Crippen molar-refractivity contribution in [1.29, 1.82) is 0 Å². The third kappa shape index (κ3) is 3.78. The van der Waals surface area contributed by atoms with Crippen LogP contribution in [0.4, 0.5) is 5.13 Å². The largest absolute Gasteiger partial charge is 0.507 e. The van der Waals surface area contributed by atoms with Crippen molar-refractivity contribution in [3.05, 3.63) is 94.1 Å². The first-order chi connectivity index (χ1) is 16.8. The zero-order valence-electron chi connectivity index (χ0n) is 19.8. The van der Waals surface area contributed by atoms with Crippen LogP contribution in [0.15, 0.2) is 66.2 Å². The van der Waals surface area contributed by atoms with Crippen molar-refractivity contribution < 1.29 is 19.4 Å². The Balaban J connectivity index is 1.72. The lowest BCUT2D eigenvalue weighted by Crippen LogP contribution is -2.29. The second-order valence-electron chi connectivity index (χ2n) is 8.69. The van der Waals surface area contributed by atoms with Gasteiger partial charge in [0.25, 0.3) is 5.78 Å². The van der Waals surface area contributed by atoms with Crippen LogP contribution in [0, 0.1) is 20.8 Å². The van der Waals surface area contributed by atoms with E-state index in [1.165, 1.54) is 16.2 Å². The number of aliphatic hydroxyl groups excluding tert-OH is 1. The van der Waals surface area contributed by atoms with Crippen molar-refractivity contribution in [2.24, 2.45) is 0 Å². The predicted octanol–water partition coefficient (Wildman–Crippen LogP) is 5.86. The van der Waals surface area contributed by atoms with Gasteiger partial charge in [-0.3, -0.25) is 14.5 Å². The molecule has 4 aromatic rings. The third-order valence-corrected chi connectivity index (χ3v) is 7.25. The summed E-state index contributed by atoms with van der Waals surface area (Å²) in [6.07, 6.45) is 0. The Kier molecular flexibility index (Phi) is 5.65. The summed E-state index contributed by atoms with van der Waals surface area (Å²) in [5, 5.41) is 11.8. The summed E-state index contributed by atoms with van der Waals surface area (Å²) < 4.78 is 6.26. The molecule has 1 aliphatic heterocycles. The summed E-state index contributed by atoms with van der Waals surface area (Å²) in [6.45, 7) is 5.85. The molecule has 7 heteroatoms. The maximum Gasteiger partial charge on any atom is 0.301 e. The highest BCUT2D eigenvalue weighted by Crippen LogP contribution is 2.44. The van der Waals surface area contributed by atoms with E-state index in [1.807, 2.05) is 63.2 Å². The van der Waals surface area contributed by atoms with Gasteiger partial charge < -0.3 is 9.84 Å². The molecule has 0 aliphatic carbocycles. The van der Waals surface area contributed by atoms with Gasteiger partial charge in [-0.25, -0.2) is 4.98 Å². The maximum atomic E-state index is 13.4. The van der Waals surface area contributed by atoms with Gasteiger partial charge >= 0.3 is 5.91 Å². The standard InChI is InChI=1S/C28H24N2O4S/c1-15-12-17(3)23-21(13-15)35-28(29-23)30-24(18-8-6-5-7-9-18)22(26(32)27(30)33)25(31)19-10-11-20(34-4)16(2)14-19/h5-14,24,31H,1-4H3/t24-/m0/s1. The highest BCUT2D eigenvalue weighted by molar-refractivity contribution is 7.22. The zero-order valence-corrected chi connectivity index (χ0v) is 20.6. The Morgan fingerprint density at radius 3 is 2.43 bits per heavy atom. The van der Waals surface area contributed by atoms with Gasteiger partial charge in [-0.15, -0.1) is 0 Å². The number of nitrogens with zero attached hydrogens (tertiary/aromatic N) is 2. The van der Waals surface area contributed by atoms with E-state index < -0.39 is 17.7 Å². The molecule has 1 fully saturated rings. The fraction of sp³-hybridized carbons (Fsp3) is 0.179. The van der Waals surface area contributed by atoms with E-state index in [4.69, 9.17) is 9.72 Å². The first-order valence-electron chi connectivity index (χ1n) is 11.2. The van der Waals surface area contributed by atoms with Gasteiger partial charge in [-0.1, -0.05) is 47.7 Å². The fourth-order valence-electron chi connectivity index (χ4n) is 4.62. The van der Waals surface area contributed by atoms with Crippen LogP contribution in [-0.4, -0.2) is 28.9 Å². The summed E-state index contributed by atoms with van der Waals surface area (Å²) in [5.74, 6) is -1.00. The summed E-state index contributed by atoms with van der Waals surface area (Å²) in [6, 6.07) is 17.7. The van der Waals surface area contributed by atoms with Crippen molar-refractivity contribution in [1.82, 2.24) is 4.98 Å². The number of aromatic nitrogens is 1. The molecular formula is C28H24N2O4S. The number of thiazole rings is 1. The zero-order chi connectivity index (χ0) is 24.9. The van der Waals surface area contributed by atoms with Crippen LogP contribution >= 0.6 is 11.3 Å². The molecule has 1 aliphatic rings. The molecule has 1 amide bonds. The number of rotatable bonds is 4. The number of ether oxygens (including phenoxy) is 1. The summed E-state index contributed by atoms with van der Waals surface area (Å²) in [4.78, 5) is 33.0. The van der Waals surface area contributed by atoms with Gasteiger partial charge in [-0.05, 0) is 67.3 Å². The number of aliphatic hydroxyl groups is 1. The van der Waals surface area contributed by atoms with Crippen LogP contribution in [-0.2, 0) is 9.59 Å². The smallest absolute Gasteiger partial charge is 0.301 e. The van der Waals surface area contributed by atoms with Gasteiger partial charge in [0.1, 0.15) is 11.5 Å². The minimum absolute atomic E-state index is 0.0397. The van der Waals surface area contributed by atoms with E-state index in [1.54, 1.807) is 25.3 Å². The normalized spacial score (nSPS) is 17.4. The van der Waals surface area contributed by atoms with E-state index in [-0.39, 0.29) is 11.3 Å². The topological polar surface area (TPSA) is 79.7 Å². The van der Waals surface area contributed by atoms with Crippen LogP contribution in [0.5, 0.6) is 5.75 Å². The van der Waals surface area contributed by atoms with Crippen LogP contribution in [0.3, 0.4) is 0 Å². The molecule has 35 heavy (non-hydrogen) atoms. The molecular weight excluding hydrogens is 460 g/mol. The van der Waals surface area contributed by atoms with E-state index >= 15 is 0 Å². The number of hydrogen-bond donors (Lipinski definition) is 1. The number of anilines is 1. The third-order valence-electron chi connectivity index (χ3n) is 6.25. The van der Waals surface area contributed by atoms with Crippen molar-refractivity contribution in [2.75, 3.05) is 12.0 Å². The average Bonchev–Trinajstić information content (AvgIpc) is 3.38. The molecule has 3 aromatic carbocycles. The van der Waals surface area contributed by atoms with E-state index in [9.17, 15) is 14.7 Å². The number of amides is 1. The molecule has 0 radical (unpaired) electrons. The molecule has 1 saturated heterocycles. The first-order valence-corrected chi connectivity index (χ1v) is 12.0. The molecule has 1 aromatic heterocycles. The number of ketones is 1. The number of benzene rings is 3. The highest BCUT2D eigenvalue weighted by atomic mass is 32.1. The maximum absolute atomic E-state index is 13.4. The molecule has 2 heterocycles. The molecule has 176 valence electrons. The Bertz CT molecular complexity index is 1520. The number of methoxy groups -OCH3 is 1.